The van der Waals surface area contributed by atoms with Crippen molar-refractivity contribution in [3.8, 4) is 0 Å². The predicted octanol–water partition coefficient (Wildman–Crippen LogP) is -4.10. The fourth-order valence-corrected chi connectivity index (χ4v) is 16.6. The number of fused-ring (bicyclic) bond motifs is 5. The number of hydrogen-bond acceptors (Lipinski definition) is 25. The molecule has 3 saturated carbocycles. The molecule has 33 atom stereocenters. The molecule has 0 aromatic carbocycles. The van der Waals surface area contributed by atoms with Gasteiger partial charge in [0.25, 0.3) is 0 Å². The Kier molecular flexibility index (Phi) is 22.0. The van der Waals surface area contributed by atoms with E-state index < -0.39 is 192 Å². The van der Waals surface area contributed by atoms with Crippen LogP contribution in [0.25, 0.3) is 0 Å². The summed E-state index contributed by atoms with van der Waals surface area (Å²) in [4.78, 5) is 0. The molecule has 27 heteroatoms. The monoisotopic (exact) mass is 1220 g/mol. The summed E-state index contributed by atoms with van der Waals surface area (Å²) < 4.78 is 99.1. The predicted molar refractivity (Wildman–Crippen MR) is 281 cm³/mol. The summed E-state index contributed by atoms with van der Waals surface area (Å²) in [7, 11) is -4.72. The molecule has 9 aliphatic rings. The van der Waals surface area contributed by atoms with Crippen molar-refractivity contribution < 1.29 is 151 Å². The minimum absolute atomic E-state index is 0. The van der Waals surface area contributed by atoms with Gasteiger partial charge in [-0.05, 0) is 126 Å². The third kappa shape index (κ3) is 13.4. The molecule has 5 saturated heterocycles. The van der Waals surface area contributed by atoms with E-state index in [4.69, 9.17) is 47.4 Å². The van der Waals surface area contributed by atoms with Crippen LogP contribution in [0, 0.1) is 40.4 Å². The maximum atomic E-state index is 12.8. The van der Waals surface area contributed by atoms with Crippen molar-refractivity contribution in [3.05, 3.63) is 11.6 Å². The van der Waals surface area contributed by atoms with E-state index in [9.17, 15) is 74.2 Å². The molecular formula is C56H93NaO25S. The molecule has 8 fully saturated rings. The minimum Gasteiger partial charge on any atom is -0.748 e. The fourth-order valence-electron chi connectivity index (χ4n) is 15.7. The van der Waals surface area contributed by atoms with Crippen LogP contribution < -0.4 is 29.6 Å². The SMILES string of the molecule is CC(C)CCC[C@](C)(O)[C@H]1CC[C@H]2[C@@H]3C[C@H](O[C@@H]4O[C@H](C)[C@@H](O)[C@H](O[C@@H]5OC[C@@H](O[C@@H]6O[C@H](C)[C@H](O)[C@H](O[C@@H]7O[C@H](C)[C@@H](O)[C@H](O)[C@H]7O)[C@H]6O)[C@H](O)[C@H]5O[C@@H]5O[C@H](C)[C@@H](O)[C@H](O)[C@H]5O)[C@H]4O)[C@H]4C[C@@H](S(=O)(=O)[O-])CC[C@]4(C)C3=CC[C@@]21C.[Na+]. The first-order chi connectivity index (χ1) is 38.3. The average molecular weight is 1220 g/mol. The van der Waals surface area contributed by atoms with Crippen LogP contribution in [0.5, 0.6) is 0 Å². The van der Waals surface area contributed by atoms with Gasteiger partial charge < -0.3 is 113 Å². The van der Waals surface area contributed by atoms with Gasteiger partial charge in [0.15, 0.2) is 31.5 Å². The number of hydrogen-bond donors (Lipinski definition) is 12. The molecule has 83 heavy (non-hydrogen) atoms. The Hall–Kier alpha value is -0.230. The second-order valence-electron chi connectivity index (χ2n) is 26.6. The largest absolute Gasteiger partial charge is 1.00 e. The normalized spacial score (nSPS) is 52.1. The van der Waals surface area contributed by atoms with E-state index in [-0.39, 0.29) is 65.6 Å². The van der Waals surface area contributed by atoms with Gasteiger partial charge in [-0.3, -0.25) is 0 Å². The summed E-state index contributed by atoms with van der Waals surface area (Å²) in [5.41, 5.74) is -0.638. The maximum absolute atomic E-state index is 12.8. The summed E-state index contributed by atoms with van der Waals surface area (Å²) >= 11 is 0. The third-order valence-corrected chi connectivity index (χ3v) is 21.9. The van der Waals surface area contributed by atoms with E-state index in [1.807, 2.05) is 6.92 Å². The molecule has 5 heterocycles. The first-order valence-electron chi connectivity index (χ1n) is 29.7. The van der Waals surface area contributed by atoms with Crippen molar-refractivity contribution in [2.24, 2.45) is 40.4 Å². The Morgan fingerprint density at radius 2 is 1.10 bits per heavy atom. The minimum atomic E-state index is -4.72. The van der Waals surface area contributed by atoms with E-state index >= 15 is 0 Å². The number of aliphatic hydroxyl groups is 12. The summed E-state index contributed by atoms with van der Waals surface area (Å²) in [5, 5.41) is 134. The standard InChI is InChI=1S/C56H94O25S.Na/c1-22(2)11-10-16-56(9,68)34-13-12-29-28-20-32(31-19-27(82(69,70)71)14-17-54(31,7)30(28)15-18-55(29,34)8)77-51-45(67)47(38(60)26(6)75-51)80-53-48(81-50-43(65)41(63)36(58)24(4)74-50)39(61)33(21-72-53)78-52-44(66)46(37(59)25(5)76-52)79-49-42(64)40(62)35(57)23(3)73-49;/h15,22-29,31-53,57-68H,10-14,16-21H2,1-9H3,(H,69,70,71);/q;+1/p-1/t23-,24-,25-,26-,27+,28+,29+,31-,32+,33-,34+,35-,36-,37+,38-,39+,40+,41+,42-,43-,44-,45-,46+,47+,48-,49+,50+,51+,52+,53+,54-,55+,56+;/m1./s1. The van der Waals surface area contributed by atoms with Crippen LogP contribution in [0.15, 0.2) is 11.6 Å². The van der Waals surface area contributed by atoms with Gasteiger partial charge in [-0.1, -0.05) is 52.2 Å². The van der Waals surface area contributed by atoms with E-state index in [2.05, 4.69) is 33.8 Å². The van der Waals surface area contributed by atoms with Gasteiger partial charge in [0, 0.05) is 5.25 Å². The number of allylic oxidation sites excluding steroid dienone is 2. The first kappa shape index (κ1) is 68.7. The van der Waals surface area contributed by atoms with Gasteiger partial charge in [-0.2, -0.15) is 0 Å². The van der Waals surface area contributed by atoms with Crippen molar-refractivity contribution in [2.45, 2.75) is 291 Å². The Bertz CT molecular complexity index is 2310. The number of aliphatic hydroxyl groups excluding tert-OH is 11. The van der Waals surface area contributed by atoms with Crippen molar-refractivity contribution >= 4 is 10.1 Å². The van der Waals surface area contributed by atoms with Crippen molar-refractivity contribution in [1.82, 2.24) is 0 Å². The number of ether oxygens (including phenoxy) is 10. The van der Waals surface area contributed by atoms with E-state index in [1.54, 1.807) is 0 Å². The topological polar surface area (TPSA) is 392 Å². The summed E-state index contributed by atoms with van der Waals surface area (Å²) in [6.45, 7) is 15.8. The third-order valence-electron chi connectivity index (χ3n) is 20.7. The van der Waals surface area contributed by atoms with Crippen LogP contribution in [0.1, 0.15) is 127 Å². The first-order valence-corrected chi connectivity index (χ1v) is 31.1. The van der Waals surface area contributed by atoms with Gasteiger partial charge in [-0.15, -0.1) is 0 Å². The van der Waals surface area contributed by atoms with Gasteiger partial charge in [0.1, 0.15) is 91.6 Å². The quantitative estimate of drug-likeness (QED) is 0.0397. The second kappa shape index (κ2) is 26.5. The molecule has 5 aliphatic heterocycles. The molecule has 0 aromatic heterocycles. The molecule has 0 unspecified atom stereocenters. The van der Waals surface area contributed by atoms with Crippen molar-refractivity contribution in [3.63, 3.8) is 0 Å². The van der Waals surface area contributed by atoms with Crippen LogP contribution in [0.4, 0.5) is 0 Å². The molecule has 474 valence electrons. The van der Waals surface area contributed by atoms with Crippen molar-refractivity contribution in [2.75, 3.05) is 6.61 Å². The molecule has 0 bridgehead atoms. The van der Waals surface area contributed by atoms with Crippen LogP contribution in [-0.4, -0.2) is 245 Å². The van der Waals surface area contributed by atoms with E-state index in [0.29, 0.717) is 25.2 Å². The van der Waals surface area contributed by atoms with E-state index in [0.717, 1.165) is 32.1 Å². The van der Waals surface area contributed by atoms with Gasteiger partial charge in [0.2, 0.25) is 0 Å². The summed E-state index contributed by atoms with van der Waals surface area (Å²) in [6.07, 6.45) is -31.3. The molecule has 0 amide bonds. The zero-order chi connectivity index (χ0) is 60.0. The zero-order valence-corrected chi connectivity index (χ0v) is 52.2. The van der Waals surface area contributed by atoms with Gasteiger partial charge in [-0.25, -0.2) is 8.42 Å². The average Bonchev–Trinajstić information content (AvgIpc) is 1.98. The molecular weight excluding hydrogens is 1130 g/mol. The second-order valence-corrected chi connectivity index (χ2v) is 28.2. The Balaban J connectivity index is 0.00000900. The summed E-state index contributed by atoms with van der Waals surface area (Å²) in [5.74, 6) is 0.0187. The van der Waals surface area contributed by atoms with Gasteiger partial charge >= 0.3 is 29.6 Å². The van der Waals surface area contributed by atoms with Crippen LogP contribution in [0.2, 0.25) is 0 Å². The summed E-state index contributed by atoms with van der Waals surface area (Å²) in [6, 6.07) is 0. The van der Waals surface area contributed by atoms with Crippen LogP contribution >= 0.6 is 0 Å². The fraction of sp³-hybridized carbons (Fsp3) is 0.964. The van der Waals surface area contributed by atoms with Crippen molar-refractivity contribution in [1.29, 1.82) is 0 Å². The molecule has 0 aromatic rings. The Labute approximate surface area is 508 Å². The van der Waals surface area contributed by atoms with Gasteiger partial charge in [0.05, 0.1) is 52.8 Å². The molecule has 9 rings (SSSR count). The number of rotatable bonds is 16. The molecule has 0 radical (unpaired) electrons. The molecule has 25 nitrogen and oxygen atoms in total. The molecule has 12 N–H and O–H groups in total. The Morgan fingerprint density at radius 1 is 0.614 bits per heavy atom. The Morgan fingerprint density at radius 3 is 1.61 bits per heavy atom. The molecule has 4 aliphatic carbocycles. The molecule has 0 spiro atoms. The maximum Gasteiger partial charge on any atom is 1.00 e. The smallest absolute Gasteiger partial charge is 0.748 e. The van der Waals surface area contributed by atoms with Crippen LogP contribution in [0.3, 0.4) is 0 Å². The van der Waals surface area contributed by atoms with Crippen LogP contribution in [-0.2, 0) is 57.5 Å². The van der Waals surface area contributed by atoms with E-state index in [1.165, 1.54) is 33.3 Å². The zero-order valence-electron chi connectivity index (χ0n) is 49.3.